The summed E-state index contributed by atoms with van der Waals surface area (Å²) in [6, 6.07) is 8.20. The first-order chi connectivity index (χ1) is 7.76. The molecule has 0 fully saturated rings. The van der Waals surface area contributed by atoms with Gasteiger partial charge in [-0.05, 0) is 37.4 Å². The molecule has 0 aliphatic heterocycles. The Kier molecular flexibility index (Phi) is 5.78. The van der Waals surface area contributed by atoms with E-state index in [0.29, 0.717) is 19.5 Å². The van der Waals surface area contributed by atoms with Gasteiger partial charge >= 0.3 is 0 Å². The number of hydrogen-bond donors (Lipinski definition) is 2. The van der Waals surface area contributed by atoms with E-state index in [1.807, 2.05) is 19.1 Å². The molecule has 1 aromatic rings. The zero-order chi connectivity index (χ0) is 11.8. The number of benzene rings is 1. The van der Waals surface area contributed by atoms with E-state index in [4.69, 9.17) is 0 Å². The third-order valence-electron chi connectivity index (χ3n) is 2.15. The second-order valence-corrected chi connectivity index (χ2v) is 4.24. The monoisotopic (exact) mass is 238 g/mol. The Hall–Kier alpha value is -1.16. The van der Waals surface area contributed by atoms with Crippen LogP contribution in [0.2, 0.25) is 0 Å². The molecule has 0 heterocycles. The Morgan fingerprint density at radius 1 is 1.31 bits per heavy atom. The first-order valence-electron chi connectivity index (χ1n) is 5.41. The van der Waals surface area contributed by atoms with E-state index >= 15 is 0 Å². The molecule has 3 nitrogen and oxygen atoms in total. The highest BCUT2D eigenvalue weighted by Crippen LogP contribution is 2.17. The molecule has 88 valence electrons. The molecule has 1 aromatic carbocycles. The van der Waals surface area contributed by atoms with Gasteiger partial charge in [-0.15, -0.1) is 11.8 Å². The van der Waals surface area contributed by atoms with Gasteiger partial charge in [-0.2, -0.15) is 0 Å². The SMILES string of the molecule is CCNC(=O)CCNc1ccc(SC)cc1. The van der Waals surface area contributed by atoms with Crippen LogP contribution in [0.5, 0.6) is 0 Å². The third kappa shape index (κ3) is 4.57. The largest absolute Gasteiger partial charge is 0.385 e. The summed E-state index contributed by atoms with van der Waals surface area (Å²) in [5, 5.41) is 5.98. The molecule has 0 aliphatic rings. The second kappa shape index (κ2) is 7.17. The van der Waals surface area contributed by atoms with Crippen LogP contribution in [0.15, 0.2) is 29.2 Å². The molecular formula is C12H18N2OS. The predicted octanol–water partition coefficient (Wildman–Crippen LogP) is 2.35. The van der Waals surface area contributed by atoms with Crippen LogP contribution >= 0.6 is 11.8 Å². The van der Waals surface area contributed by atoms with Gasteiger partial charge in [0, 0.05) is 30.1 Å². The van der Waals surface area contributed by atoms with Crippen molar-refractivity contribution in [2.75, 3.05) is 24.7 Å². The van der Waals surface area contributed by atoms with Gasteiger partial charge in [0.2, 0.25) is 5.91 Å². The van der Waals surface area contributed by atoms with Gasteiger partial charge in [-0.3, -0.25) is 4.79 Å². The zero-order valence-electron chi connectivity index (χ0n) is 9.75. The van der Waals surface area contributed by atoms with Crippen LogP contribution in [0.3, 0.4) is 0 Å². The second-order valence-electron chi connectivity index (χ2n) is 3.36. The molecule has 0 saturated carbocycles. The summed E-state index contributed by atoms with van der Waals surface area (Å²) in [5.74, 6) is 0.0933. The quantitative estimate of drug-likeness (QED) is 0.747. The van der Waals surface area contributed by atoms with E-state index in [0.717, 1.165) is 5.69 Å². The van der Waals surface area contributed by atoms with Gasteiger partial charge in [0.05, 0.1) is 0 Å². The number of carbonyl (C=O) groups excluding carboxylic acids is 1. The summed E-state index contributed by atoms with van der Waals surface area (Å²) in [5.41, 5.74) is 1.06. The van der Waals surface area contributed by atoms with Crippen molar-refractivity contribution in [3.63, 3.8) is 0 Å². The number of anilines is 1. The van der Waals surface area contributed by atoms with E-state index in [-0.39, 0.29) is 5.91 Å². The summed E-state index contributed by atoms with van der Waals surface area (Å²) in [6.45, 7) is 3.29. The Morgan fingerprint density at radius 2 is 2.00 bits per heavy atom. The molecule has 0 aliphatic carbocycles. The van der Waals surface area contributed by atoms with Crippen LogP contribution < -0.4 is 10.6 Å². The molecule has 1 amide bonds. The van der Waals surface area contributed by atoms with Crippen LogP contribution in [0.25, 0.3) is 0 Å². The molecule has 1 rings (SSSR count). The standard InChI is InChI=1S/C12H18N2OS/c1-3-13-12(15)8-9-14-10-4-6-11(16-2)7-5-10/h4-7,14H,3,8-9H2,1-2H3,(H,13,15). The lowest BCUT2D eigenvalue weighted by Crippen LogP contribution is -2.24. The van der Waals surface area contributed by atoms with Crippen LogP contribution in [0, 0.1) is 0 Å². The van der Waals surface area contributed by atoms with Crippen LogP contribution in [-0.2, 0) is 4.79 Å². The van der Waals surface area contributed by atoms with E-state index in [1.54, 1.807) is 11.8 Å². The van der Waals surface area contributed by atoms with Crippen molar-refractivity contribution < 1.29 is 4.79 Å². The smallest absolute Gasteiger partial charge is 0.221 e. The van der Waals surface area contributed by atoms with Gasteiger partial charge in [0.1, 0.15) is 0 Å². The van der Waals surface area contributed by atoms with Gasteiger partial charge in [0.25, 0.3) is 0 Å². The molecular weight excluding hydrogens is 220 g/mol. The minimum absolute atomic E-state index is 0.0933. The summed E-state index contributed by atoms with van der Waals surface area (Å²) < 4.78 is 0. The minimum atomic E-state index is 0.0933. The fraction of sp³-hybridized carbons (Fsp3) is 0.417. The van der Waals surface area contributed by atoms with Crippen LogP contribution in [-0.4, -0.2) is 25.3 Å². The molecule has 0 spiro atoms. The van der Waals surface area contributed by atoms with Crippen molar-refractivity contribution in [2.45, 2.75) is 18.2 Å². The molecule has 0 aromatic heterocycles. The Bertz CT molecular complexity index is 324. The van der Waals surface area contributed by atoms with E-state index in [2.05, 4.69) is 29.0 Å². The molecule has 2 N–H and O–H groups in total. The predicted molar refractivity (Wildman–Crippen MR) is 70.0 cm³/mol. The van der Waals surface area contributed by atoms with Gasteiger partial charge < -0.3 is 10.6 Å². The lowest BCUT2D eigenvalue weighted by molar-refractivity contribution is -0.120. The van der Waals surface area contributed by atoms with Crippen LogP contribution in [0.1, 0.15) is 13.3 Å². The normalized spacial score (nSPS) is 9.88. The fourth-order valence-electron chi connectivity index (χ4n) is 1.31. The van der Waals surface area contributed by atoms with Crippen molar-refractivity contribution in [3.05, 3.63) is 24.3 Å². The summed E-state index contributed by atoms with van der Waals surface area (Å²) in [7, 11) is 0. The molecule has 4 heteroatoms. The molecule has 16 heavy (non-hydrogen) atoms. The zero-order valence-corrected chi connectivity index (χ0v) is 10.6. The highest BCUT2D eigenvalue weighted by Gasteiger charge is 1.98. The molecule has 0 bridgehead atoms. The lowest BCUT2D eigenvalue weighted by atomic mass is 10.3. The average Bonchev–Trinajstić information content (AvgIpc) is 2.30. The topological polar surface area (TPSA) is 41.1 Å². The summed E-state index contributed by atoms with van der Waals surface area (Å²) >= 11 is 1.72. The minimum Gasteiger partial charge on any atom is -0.385 e. The summed E-state index contributed by atoms with van der Waals surface area (Å²) in [6.07, 6.45) is 2.57. The maximum absolute atomic E-state index is 11.2. The molecule has 0 saturated heterocycles. The Morgan fingerprint density at radius 3 is 2.56 bits per heavy atom. The van der Waals surface area contributed by atoms with Gasteiger partial charge in [0.15, 0.2) is 0 Å². The highest BCUT2D eigenvalue weighted by molar-refractivity contribution is 7.98. The highest BCUT2D eigenvalue weighted by atomic mass is 32.2. The first-order valence-corrected chi connectivity index (χ1v) is 6.63. The number of nitrogens with one attached hydrogen (secondary N) is 2. The Labute approximate surface area is 101 Å². The summed E-state index contributed by atoms with van der Waals surface area (Å²) in [4.78, 5) is 12.4. The number of carbonyl (C=O) groups is 1. The van der Waals surface area contributed by atoms with E-state index < -0.39 is 0 Å². The number of amides is 1. The maximum Gasteiger partial charge on any atom is 0.221 e. The maximum atomic E-state index is 11.2. The lowest BCUT2D eigenvalue weighted by Gasteiger charge is -2.06. The van der Waals surface area contributed by atoms with Gasteiger partial charge in [-0.25, -0.2) is 0 Å². The molecule has 0 atom stereocenters. The number of hydrogen-bond acceptors (Lipinski definition) is 3. The fourth-order valence-corrected chi connectivity index (χ4v) is 1.72. The third-order valence-corrected chi connectivity index (χ3v) is 2.89. The van der Waals surface area contributed by atoms with E-state index in [1.165, 1.54) is 4.90 Å². The van der Waals surface area contributed by atoms with Crippen LogP contribution in [0.4, 0.5) is 5.69 Å². The van der Waals surface area contributed by atoms with E-state index in [9.17, 15) is 4.79 Å². The number of thioether (sulfide) groups is 1. The first kappa shape index (κ1) is 12.9. The van der Waals surface area contributed by atoms with Gasteiger partial charge in [-0.1, -0.05) is 0 Å². The van der Waals surface area contributed by atoms with Crippen molar-refractivity contribution >= 4 is 23.4 Å². The van der Waals surface area contributed by atoms with Crippen molar-refractivity contribution in [2.24, 2.45) is 0 Å². The van der Waals surface area contributed by atoms with Crippen molar-refractivity contribution in [1.82, 2.24) is 5.32 Å². The molecule has 0 radical (unpaired) electrons. The van der Waals surface area contributed by atoms with Crippen molar-refractivity contribution in [3.8, 4) is 0 Å². The number of rotatable bonds is 6. The average molecular weight is 238 g/mol. The van der Waals surface area contributed by atoms with Crippen molar-refractivity contribution in [1.29, 1.82) is 0 Å². The Balaban J connectivity index is 2.29. The molecule has 0 unspecified atom stereocenters.